The third-order valence-corrected chi connectivity index (χ3v) is 4.84. The van der Waals surface area contributed by atoms with E-state index in [2.05, 4.69) is 10.1 Å². The van der Waals surface area contributed by atoms with Gasteiger partial charge in [-0.2, -0.15) is 20.5 Å². The van der Waals surface area contributed by atoms with E-state index in [0.29, 0.717) is 17.7 Å². The van der Waals surface area contributed by atoms with Crippen molar-refractivity contribution in [3.05, 3.63) is 47.9 Å². The van der Waals surface area contributed by atoms with E-state index in [4.69, 9.17) is 9.15 Å². The molecule has 0 aliphatic carbocycles. The Morgan fingerprint density at radius 2 is 2.03 bits per heavy atom. The lowest BCUT2D eigenvalue weighted by atomic mass is 10.1. The Hall–Kier alpha value is -2.75. The number of likely N-dealkylation sites (N-methyl/N-ethyl adjacent to an activating group) is 1. The molecule has 1 N–H and O–H groups in total. The molecule has 0 saturated carbocycles. The summed E-state index contributed by atoms with van der Waals surface area (Å²) in [6, 6.07) is 6.84. The highest BCUT2D eigenvalue weighted by molar-refractivity contribution is 7.98. The molecule has 10 heteroatoms. The van der Waals surface area contributed by atoms with Crippen LogP contribution in [-0.2, 0) is 11.3 Å². The second-order valence-corrected chi connectivity index (χ2v) is 7.33. The molecule has 0 aliphatic heterocycles. The van der Waals surface area contributed by atoms with E-state index in [1.54, 1.807) is 30.9 Å². The Morgan fingerprint density at radius 3 is 2.63 bits per heavy atom. The van der Waals surface area contributed by atoms with Gasteiger partial charge in [0.1, 0.15) is 6.04 Å². The summed E-state index contributed by atoms with van der Waals surface area (Å²) in [5, 5.41) is 2.71. The van der Waals surface area contributed by atoms with Crippen molar-refractivity contribution in [1.29, 1.82) is 0 Å². The van der Waals surface area contributed by atoms with Crippen LogP contribution in [0.15, 0.2) is 41.0 Å². The van der Waals surface area contributed by atoms with Crippen molar-refractivity contribution in [3.8, 4) is 11.5 Å². The van der Waals surface area contributed by atoms with Crippen LogP contribution < -0.4 is 14.8 Å². The van der Waals surface area contributed by atoms with Crippen molar-refractivity contribution in [2.75, 3.05) is 26.2 Å². The molecule has 0 aliphatic rings. The van der Waals surface area contributed by atoms with E-state index in [0.717, 1.165) is 0 Å². The van der Waals surface area contributed by atoms with Crippen LogP contribution in [0.4, 0.5) is 8.78 Å². The highest BCUT2D eigenvalue weighted by Gasteiger charge is 2.25. The van der Waals surface area contributed by atoms with E-state index in [-0.39, 0.29) is 29.7 Å². The molecule has 1 heterocycles. The van der Waals surface area contributed by atoms with Crippen molar-refractivity contribution in [3.63, 3.8) is 0 Å². The minimum atomic E-state index is -2.97. The molecule has 2 aromatic rings. The predicted octanol–water partition coefficient (Wildman–Crippen LogP) is 3.40. The molecule has 30 heavy (non-hydrogen) atoms. The van der Waals surface area contributed by atoms with Crippen LogP contribution in [0, 0.1) is 0 Å². The van der Waals surface area contributed by atoms with E-state index in [1.807, 2.05) is 6.26 Å². The van der Waals surface area contributed by atoms with Crippen molar-refractivity contribution in [2.45, 2.75) is 25.6 Å². The zero-order chi connectivity index (χ0) is 22.1. The van der Waals surface area contributed by atoms with Gasteiger partial charge in [-0.1, -0.05) is 6.07 Å². The van der Waals surface area contributed by atoms with Gasteiger partial charge in [0.05, 0.1) is 13.4 Å². The molecule has 1 unspecified atom stereocenters. The molecular weight excluding hydrogens is 418 g/mol. The molecule has 2 amide bonds. The second-order valence-electron chi connectivity index (χ2n) is 6.34. The fourth-order valence-electron chi connectivity index (χ4n) is 2.75. The van der Waals surface area contributed by atoms with Gasteiger partial charge in [-0.05, 0) is 48.3 Å². The fraction of sp³-hybridized carbons (Fsp3) is 0.400. The smallest absolute Gasteiger partial charge is 0.387 e. The van der Waals surface area contributed by atoms with Gasteiger partial charge < -0.3 is 24.1 Å². The molecule has 1 atom stereocenters. The lowest BCUT2D eigenvalue weighted by Crippen LogP contribution is -2.47. The van der Waals surface area contributed by atoms with Gasteiger partial charge >= 0.3 is 6.61 Å². The molecule has 1 aromatic carbocycles. The van der Waals surface area contributed by atoms with Crippen LogP contribution in [0.5, 0.6) is 11.5 Å². The van der Waals surface area contributed by atoms with Crippen LogP contribution in [0.25, 0.3) is 0 Å². The molecule has 164 valence electrons. The molecule has 1 aromatic heterocycles. The zero-order valence-electron chi connectivity index (χ0n) is 16.9. The largest absolute Gasteiger partial charge is 0.493 e. The summed E-state index contributed by atoms with van der Waals surface area (Å²) in [4.78, 5) is 26.7. The summed E-state index contributed by atoms with van der Waals surface area (Å²) in [5.41, 5.74) is 0.658. The van der Waals surface area contributed by atoms with Gasteiger partial charge in [0.15, 0.2) is 17.3 Å². The number of hydrogen-bond acceptors (Lipinski definition) is 6. The maximum atomic E-state index is 12.9. The van der Waals surface area contributed by atoms with Crippen LogP contribution in [0.1, 0.15) is 22.5 Å². The Balaban J connectivity index is 2.09. The number of carbonyl (C=O) groups excluding carboxylic acids is 2. The fourth-order valence-corrected chi connectivity index (χ4v) is 3.22. The van der Waals surface area contributed by atoms with Gasteiger partial charge in [-0.3, -0.25) is 9.59 Å². The number of nitrogens with zero attached hydrogens (tertiary/aromatic N) is 1. The lowest BCUT2D eigenvalue weighted by molar-refractivity contribution is -0.132. The molecule has 0 spiro atoms. The third kappa shape index (κ3) is 6.65. The van der Waals surface area contributed by atoms with Gasteiger partial charge in [0, 0.05) is 13.6 Å². The maximum absolute atomic E-state index is 12.9. The Bertz CT molecular complexity index is 833. The number of rotatable bonds is 11. The summed E-state index contributed by atoms with van der Waals surface area (Å²) in [6.07, 6.45) is 3.74. The number of amides is 2. The van der Waals surface area contributed by atoms with Crippen molar-refractivity contribution < 1.29 is 32.3 Å². The average molecular weight is 442 g/mol. The normalized spacial score (nSPS) is 11.8. The molecule has 7 nitrogen and oxygen atoms in total. The monoisotopic (exact) mass is 442 g/mol. The lowest BCUT2D eigenvalue weighted by Gasteiger charge is -2.24. The molecule has 2 rings (SSSR count). The summed E-state index contributed by atoms with van der Waals surface area (Å²) >= 11 is 1.56. The zero-order valence-corrected chi connectivity index (χ0v) is 17.7. The highest BCUT2D eigenvalue weighted by atomic mass is 32.2. The maximum Gasteiger partial charge on any atom is 0.387 e. The number of nitrogens with one attached hydrogen (secondary N) is 1. The quantitative estimate of drug-likeness (QED) is 0.575. The minimum absolute atomic E-state index is 0.0891. The third-order valence-electron chi connectivity index (χ3n) is 4.20. The van der Waals surface area contributed by atoms with Crippen molar-refractivity contribution in [1.82, 2.24) is 10.2 Å². The van der Waals surface area contributed by atoms with Crippen LogP contribution >= 0.6 is 11.8 Å². The van der Waals surface area contributed by atoms with E-state index in [9.17, 15) is 18.4 Å². The number of hydrogen-bond donors (Lipinski definition) is 1. The first-order valence-corrected chi connectivity index (χ1v) is 10.4. The van der Waals surface area contributed by atoms with Crippen LogP contribution in [0.2, 0.25) is 0 Å². The summed E-state index contributed by atoms with van der Waals surface area (Å²) in [5.74, 6) is 0.0983. The van der Waals surface area contributed by atoms with Crippen molar-refractivity contribution in [2.24, 2.45) is 0 Å². The summed E-state index contributed by atoms with van der Waals surface area (Å²) in [7, 11) is 2.94. The van der Waals surface area contributed by atoms with Gasteiger partial charge in [0.25, 0.3) is 5.91 Å². The van der Waals surface area contributed by atoms with Gasteiger partial charge in [-0.25, -0.2) is 0 Å². The summed E-state index contributed by atoms with van der Waals surface area (Å²) in [6.45, 7) is -2.78. The highest BCUT2D eigenvalue weighted by Crippen LogP contribution is 2.29. The Kier molecular flexibility index (Phi) is 8.97. The minimum Gasteiger partial charge on any atom is -0.493 e. The Morgan fingerprint density at radius 1 is 1.27 bits per heavy atom. The van der Waals surface area contributed by atoms with Crippen molar-refractivity contribution >= 4 is 23.6 Å². The SMILES string of the molecule is COc1cc(CN(C)C(=O)C(CCSC)NC(=O)c2ccco2)ccc1OC(F)F. The number of ether oxygens (including phenoxy) is 2. The standard InChI is InChI=1S/C20H24F2N2O5S/c1-24(12-13-6-7-15(29-20(21)22)17(11-13)27-2)19(26)14(8-10-30-3)23-18(25)16-5-4-9-28-16/h4-7,9,11,14,20H,8,10,12H2,1-3H3,(H,23,25). The first-order valence-electron chi connectivity index (χ1n) is 9.05. The number of methoxy groups -OCH3 is 1. The van der Waals surface area contributed by atoms with Gasteiger partial charge in [0.2, 0.25) is 5.91 Å². The molecule has 0 saturated heterocycles. The van der Waals surface area contributed by atoms with E-state index >= 15 is 0 Å². The summed E-state index contributed by atoms with van der Waals surface area (Å²) < 4.78 is 39.5. The molecular formula is C20H24F2N2O5S. The number of carbonyl (C=O) groups is 2. The number of benzene rings is 1. The predicted molar refractivity (Wildman–Crippen MR) is 109 cm³/mol. The van der Waals surface area contributed by atoms with Gasteiger partial charge in [-0.15, -0.1) is 0 Å². The topological polar surface area (TPSA) is 81.0 Å². The van der Waals surface area contributed by atoms with E-state index in [1.165, 1.54) is 36.5 Å². The Labute approximate surface area is 177 Å². The first-order chi connectivity index (χ1) is 14.3. The molecule has 0 fully saturated rings. The number of furan rings is 1. The molecule has 0 bridgehead atoms. The second kappa shape index (κ2) is 11.4. The number of alkyl halides is 2. The average Bonchev–Trinajstić information content (AvgIpc) is 3.26. The van der Waals surface area contributed by atoms with Crippen LogP contribution in [-0.4, -0.2) is 55.5 Å². The number of halogens is 2. The van der Waals surface area contributed by atoms with E-state index < -0.39 is 18.6 Å². The first kappa shape index (κ1) is 23.5. The number of thioether (sulfide) groups is 1. The van der Waals surface area contributed by atoms with Crippen LogP contribution in [0.3, 0.4) is 0 Å². The molecule has 0 radical (unpaired) electrons.